The van der Waals surface area contributed by atoms with Crippen molar-refractivity contribution in [3.63, 3.8) is 0 Å². The Kier molecular flexibility index (Phi) is 5.57. The van der Waals surface area contributed by atoms with Crippen molar-refractivity contribution in [3.05, 3.63) is 0 Å². The molecule has 120 valence electrons. The second kappa shape index (κ2) is 6.78. The lowest BCUT2D eigenvalue weighted by Crippen LogP contribution is -2.61. The molecule has 0 saturated carbocycles. The largest absolute Gasteiger partial charge is 0.480 e. The van der Waals surface area contributed by atoms with E-state index in [1.807, 2.05) is 0 Å². The smallest absolute Gasteiger partial charge is 0.329 e. The maximum atomic E-state index is 12.6. The van der Waals surface area contributed by atoms with Crippen molar-refractivity contribution >= 4 is 17.9 Å². The number of hydrogen-bond donors (Lipinski definition) is 1. The van der Waals surface area contributed by atoms with Gasteiger partial charge in [-0.25, -0.2) is 9.59 Å². The van der Waals surface area contributed by atoms with E-state index in [-0.39, 0.29) is 18.5 Å². The highest BCUT2D eigenvalue weighted by Crippen LogP contribution is 2.29. The van der Waals surface area contributed by atoms with Gasteiger partial charge in [-0.1, -0.05) is 0 Å². The summed E-state index contributed by atoms with van der Waals surface area (Å²) in [7, 11) is 3.26. The maximum Gasteiger partial charge on any atom is 0.329 e. The number of carboxylic acid groups (broad SMARTS) is 1. The van der Waals surface area contributed by atoms with Crippen molar-refractivity contribution in [3.8, 4) is 0 Å². The second-order valence-electron chi connectivity index (χ2n) is 5.77. The van der Waals surface area contributed by atoms with Crippen molar-refractivity contribution in [2.24, 2.45) is 0 Å². The molecule has 0 aliphatic carbocycles. The zero-order valence-electron chi connectivity index (χ0n) is 13.3. The van der Waals surface area contributed by atoms with Crippen LogP contribution in [0.4, 0.5) is 4.79 Å². The van der Waals surface area contributed by atoms with Gasteiger partial charge in [0.1, 0.15) is 12.1 Å². The molecular weight excluding hydrogens is 274 g/mol. The van der Waals surface area contributed by atoms with Crippen LogP contribution in [0.15, 0.2) is 0 Å². The van der Waals surface area contributed by atoms with Gasteiger partial charge in [0.15, 0.2) is 0 Å². The molecule has 1 aliphatic heterocycles. The molecule has 1 aliphatic rings. The molecule has 1 fully saturated rings. The Morgan fingerprint density at radius 2 is 1.86 bits per heavy atom. The number of amides is 3. The number of carbonyl (C=O) groups excluding carboxylic acids is 2. The standard InChI is InChI=1S/C14H25N3O4/c1-5-16(10-11(18)15(3)4)13(21)17-9-7-6-8-14(17,2)12(19)20/h5-10H2,1-4H3,(H,19,20). The van der Waals surface area contributed by atoms with Gasteiger partial charge in [0.05, 0.1) is 0 Å². The van der Waals surface area contributed by atoms with Gasteiger partial charge in [0, 0.05) is 27.2 Å². The minimum absolute atomic E-state index is 0.0332. The Labute approximate surface area is 125 Å². The first kappa shape index (κ1) is 17.3. The first-order valence-electron chi connectivity index (χ1n) is 7.24. The fourth-order valence-electron chi connectivity index (χ4n) is 2.44. The number of hydrogen-bond acceptors (Lipinski definition) is 3. The minimum Gasteiger partial charge on any atom is -0.480 e. The van der Waals surface area contributed by atoms with Crippen LogP contribution in [0.1, 0.15) is 33.1 Å². The van der Waals surface area contributed by atoms with E-state index < -0.39 is 11.5 Å². The average molecular weight is 299 g/mol. The topological polar surface area (TPSA) is 81.2 Å². The Bertz CT molecular complexity index is 424. The predicted octanol–water partition coefficient (Wildman–Crippen LogP) is 0.846. The van der Waals surface area contributed by atoms with E-state index in [1.54, 1.807) is 27.9 Å². The number of aliphatic carboxylic acids is 1. The van der Waals surface area contributed by atoms with Gasteiger partial charge >= 0.3 is 12.0 Å². The zero-order valence-corrected chi connectivity index (χ0v) is 13.3. The molecule has 7 nitrogen and oxygen atoms in total. The third kappa shape index (κ3) is 3.65. The summed E-state index contributed by atoms with van der Waals surface area (Å²) in [5.41, 5.74) is -1.19. The number of nitrogens with zero attached hydrogens (tertiary/aromatic N) is 3. The average Bonchev–Trinajstić information content (AvgIpc) is 2.43. The first-order chi connectivity index (χ1) is 9.74. The van der Waals surface area contributed by atoms with Crippen LogP contribution in [0.2, 0.25) is 0 Å². The molecule has 3 amide bonds. The molecule has 0 spiro atoms. The number of carbonyl (C=O) groups is 3. The van der Waals surface area contributed by atoms with Gasteiger partial charge in [-0.15, -0.1) is 0 Å². The number of rotatable bonds is 4. The van der Waals surface area contributed by atoms with Crippen molar-refractivity contribution in [2.75, 3.05) is 33.7 Å². The van der Waals surface area contributed by atoms with E-state index in [0.717, 1.165) is 12.8 Å². The van der Waals surface area contributed by atoms with Crippen LogP contribution in [0, 0.1) is 0 Å². The summed E-state index contributed by atoms with van der Waals surface area (Å²) in [6.07, 6.45) is 2.01. The Hall–Kier alpha value is -1.79. The van der Waals surface area contributed by atoms with Crippen LogP contribution < -0.4 is 0 Å². The van der Waals surface area contributed by atoms with Crippen LogP contribution in [-0.2, 0) is 9.59 Å². The van der Waals surface area contributed by atoms with Crippen LogP contribution in [0.3, 0.4) is 0 Å². The molecule has 1 unspecified atom stereocenters. The van der Waals surface area contributed by atoms with E-state index >= 15 is 0 Å². The molecule has 0 aromatic heterocycles. The van der Waals surface area contributed by atoms with Crippen LogP contribution >= 0.6 is 0 Å². The summed E-state index contributed by atoms with van der Waals surface area (Å²) < 4.78 is 0. The SMILES string of the molecule is CCN(CC(=O)N(C)C)C(=O)N1CCCCC1(C)C(=O)O. The fourth-order valence-corrected chi connectivity index (χ4v) is 2.44. The Morgan fingerprint density at radius 1 is 1.24 bits per heavy atom. The Morgan fingerprint density at radius 3 is 2.33 bits per heavy atom. The summed E-state index contributed by atoms with van der Waals surface area (Å²) in [4.78, 5) is 40.2. The van der Waals surface area contributed by atoms with Gasteiger partial charge in [0.2, 0.25) is 5.91 Å². The minimum atomic E-state index is -1.19. The van der Waals surface area contributed by atoms with Gasteiger partial charge < -0.3 is 19.8 Å². The van der Waals surface area contributed by atoms with Crippen molar-refractivity contribution in [2.45, 2.75) is 38.6 Å². The molecule has 7 heteroatoms. The highest BCUT2D eigenvalue weighted by Gasteiger charge is 2.45. The molecule has 21 heavy (non-hydrogen) atoms. The third-order valence-corrected chi connectivity index (χ3v) is 4.06. The van der Waals surface area contributed by atoms with E-state index in [9.17, 15) is 19.5 Å². The lowest BCUT2D eigenvalue weighted by molar-refractivity contribution is -0.150. The fraction of sp³-hybridized carbons (Fsp3) is 0.786. The summed E-state index contributed by atoms with van der Waals surface area (Å²) in [6, 6.07) is -0.377. The number of likely N-dealkylation sites (N-methyl/N-ethyl adjacent to an activating group) is 2. The lowest BCUT2D eigenvalue weighted by atomic mass is 9.89. The van der Waals surface area contributed by atoms with Gasteiger partial charge in [-0.2, -0.15) is 0 Å². The molecule has 1 saturated heterocycles. The van der Waals surface area contributed by atoms with Crippen LogP contribution in [-0.4, -0.2) is 77.0 Å². The highest BCUT2D eigenvalue weighted by atomic mass is 16.4. The summed E-state index contributed by atoms with van der Waals surface area (Å²) in [6.45, 7) is 4.10. The second-order valence-corrected chi connectivity index (χ2v) is 5.77. The molecule has 0 aromatic rings. The quantitative estimate of drug-likeness (QED) is 0.834. The third-order valence-electron chi connectivity index (χ3n) is 4.06. The molecule has 1 N–H and O–H groups in total. The molecule has 0 bridgehead atoms. The molecule has 0 radical (unpaired) electrons. The van der Waals surface area contributed by atoms with Crippen LogP contribution in [0.5, 0.6) is 0 Å². The first-order valence-corrected chi connectivity index (χ1v) is 7.24. The maximum absolute atomic E-state index is 12.6. The van der Waals surface area contributed by atoms with Gasteiger partial charge in [0.25, 0.3) is 0 Å². The number of carboxylic acids is 1. The number of likely N-dealkylation sites (tertiary alicyclic amines) is 1. The van der Waals surface area contributed by atoms with Crippen molar-refractivity contribution in [1.29, 1.82) is 0 Å². The zero-order chi connectivity index (χ0) is 16.2. The molecule has 1 heterocycles. The van der Waals surface area contributed by atoms with E-state index in [4.69, 9.17) is 0 Å². The predicted molar refractivity (Wildman–Crippen MR) is 77.9 cm³/mol. The molecule has 0 aromatic carbocycles. The summed E-state index contributed by atoms with van der Waals surface area (Å²) in [5, 5.41) is 9.45. The van der Waals surface area contributed by atoms with Crippen LogP contribution in [0.25, 0.3) is 0 Å². The normalized spacial score (nSPS) is 21.8. The van der Waals surface area contributed by atoms with E-state index in [2.05, 4.69) is 0 Å². The number of piperidine rings is 1. The van der Waals surface area contributed by atoms with Crippen molar-refractivity contribution in [1.82, 2.24) is 14.7 Å². The molecular formula is C14H25N3O4. The highest BCUT2D eigenvalue weighted by molar-refractivity contribution is 5.88. The lowest BCUT2D eigenvalue weighted by Gasteiger charge is -2.43. The summed E-state index contributed by atoms with van der Waals surface area (Å²) in [5.74, 6) is -1.18. The summed E-state index contributed by atoms with van der Waals surface area (Å²) >= 11 is 0. The van der Waals surface area contributed by atoms with Gasteiger partial charge in [-0.05, 0) is 33.1 Å². The molecule has 1 atom stereocenters. The van der Waals surface area contributed by atoms with E-state index in [0.29, 0.717) is 19.5 Å². The monoisotopic (exact) mass is 299 g/mol. The van der Waals surface area contributed by atoms with Crippen molar-refractivity contribution < 1.29 is 19.5 Å². The molecule has 1 rings (SSSR count). The van der Waals surface area contributed by atoms with Gasteiger partial charge in [-0.3, -0.25) is 4.79 Å². The number of urea groups is 1. The Balaban J connectivity index is 2.91. The van der Waals surface area contributed by atoms with E-state index in [1.165, 1.54) is 14.7 Å².